The van der Waals surface area contributed by atoms with Crippen molar-refractivity contribution in [1.82, 2.24) is 4.31 Å². The summed E-state index contributed by atoms with van der Waals surface area (Å²) in [5.41, 5.74) is 5.77. The molecule has 6 heteroatoms. The van der Waals surface area contributed by atoms with Crippen LogP contribution in [0.25, 0.3) is 0 Å². The second-order valence-corrected chi connectivity index (χ2v) is 7.98. The lowest BCUT2D eigenvalue weighted by Gasteiger charge is -2.28. The van der Waals surface area contributed by atoms with Crippen LogP contribution in [0.3, 0.4) is 0 Å². The van der Waals surface area contributed by atoms with Gasteiger partial charge in [0.25, 0.3) is 0 Å². The van der Waals surface area contributed by atoms with Gasteiger partial charge in [0.2, 0.25) is 10.0 Å². The zero-order valence-corrected chi connectivity index (χ0v) is 13.9. The standard InChI is InChI=1S/C15H24N2O3S/c1-5-14(18)12-7-6-8-13(9-12)21(19,20)17(4)11-15(2,3)10-16/h6-9H,5,10-11,16H2,1-4H3. The van der Waals surface area contributed by atoms with E-state index < -0.39 is 10.0 Å². The minimum absolute atomic E-state index is 0.0722. The first-order chi connectivity index (χ1) is 9.64. The van der Waals surface area contributed by atoms with Crippen LogP contribution >= 0.6 is 0 Å². The molecule has 0 unspecified atom stereocenters. The Morgan fingerprint density at radius 3 is 2.48 bits per heavy atom. The highest BCUT2D eigenvalue weighted by atomic mass is 32.2. The molecule has 0 bridgehead atoms. The molecule has 118 valence electrons. The second kappa shape index (κ2) is 6.68. The Balaban J connectivity index is 3.11. The van der Waals surface area contributed by atoms with E-state index in [-0.39, 0.29) is 16.1 Å². The van der Waals surface area contributed by atoms with Gasteiger partial charge in [-0.2, -0.15) is 0 Å². The molecule has 1 aromatic rings. The average Bonchev–Trinajstić information content (AvgIpc) is 2.46. The SMILES string of the molecule is CCC(=O)c1cccc(S(=O)(=O)N(C)CC(C)(C)CN)c1. The smallest absolute Gasteiger partial charge is 0.242 e. The van der Waals surface area contributed by atoms with Gasteiger partial charge in [-0.1, -0.05) is 32.9 Å². The van der Waals surface area contributed by atoms with Crippen molar-refractivity contribution < 1.29 is 13.2 Å². The van der Waals surface area contributed by atoms with Gasteiger partial charge in [0.1, 0.15) is 0 Å². The highest BCUT2D eigenvalue weighted by Gasteiger charge is 2.27. The van der Waals surface area contributed by atoms with Crippen LogP contribution in [0, 0.1) is 5.41 Å². The first-order valence-electron chi connectivity index (χ1n) is 6.93. The molecule has 0 saturated carbocycles. The maximum Gasteiger partial charge on any atom is 0.242 e. The maximum absolute atomic E-state index is 12.6. The third-order valence-corrected chi connectivity index (χ3v) is 5.19. The van der Waals surface area contributed by atoms with Crippen molar-refractivity contribution >= 4 is 15.8 Å². The number of Topliss-reactive ketones (excluding diaryl/α,β-unsaturated/α-hetero) is 1. The van der Waals surface area contributed by atoms with Crippen LogP contribution in [0.2, 0.25) is 0 Å². The molecule has 0 radical (unpaired) electrons. The molecule has 5 nitrogen and oxygen atoms in total. The first-order valence-corrected chi connectivity index (χ1v) is 8.38. The molecule has 0 aliphatic rings. The summed E-state index contributed by atoms with van der Waals surface area (Å²) in [5, 5.41) is 0. The minimum atomic E-state index is -3.62. The molecule has 0 aromatic heterocycles. The van der Waals surface area contributed by atoms with Crippen molar-refractivity contribution in [2.45, 2.75) is 32.1 Å². The number of benzene rings is 1. The molecule has 1 aromatic carbocycles. The fraction of sp³-hybridized carbons (Fsp3) is 0.533. The molecule has 2 N–H and O–H groups in total. The van der Waals surface area contributed by atoms with E-state index in [0.29, 0.717) is 25.1 Å². The van der Waals surface area contributed by atoms with Crippen LogP contribution in [-0.2, 0) is 10.0 Å². The summed E-state index contributed by atoms with van der Waals surface area (Å²) in [5.74, 6) is -0.0722. The van der Waals surface area contributed by atoms with E-state index in [2.05, 4.69) is 0 Å². The van der Waals surface area contributed by atoms with Crippen molar-refractivity contribution in [2.75, 3.05) is 20.1 Å². The number of ketones is 1. The summed E-state index contributed by atoms with van der Waals surface area (Å²) in [6.45, 7) is 6.28. The Hall–Kier alpha value is -1.24. The van der Waals surface area contributed by atoms with Crippen molar-refractivity contribution in [3.05, 3.63) is 29.8 Å². The molecule has 0 aliphatic carbocycles. The Kier molecular flexibility index (Phi) is 5.67. The molecular weight excluding hydrogens is 288 g/mol. The van der Waals surface area contributed by atoms with Crippen LogP contribution in [0.4, 0.5) is 0 Å². The van der Waals surface area contributed by atoms with Gasteiger partial charge in [0.15, 0.2) is 5.78 Å². The van der Waals surface area contributed by atoms with Gasteiger partial charge in [-0.3, -0.25) is 4.79 Å². The highest BCUT2D eigenvalue weighted by molar-refractivity contribution is 7.89. The van der Waals surface area contributed by atoms with E-state index in [1.165, 1.54) is 23.5 Å². The maximum atomic E-state index is 12.6. The number of hydrogen-bond acceptors (Lipinski definition) is 4. The lowest BCUT2D eigenvalue weighted by atomic mass is 9.94. The number of nitrogens with two attached hydrogens (primary N) is 1. The van der Waals surface area contributed by atoms with Crippen molar-refractivity contribution in [1.29, 1.82) is 0 Å². The summed E-state index contributed by atoms with van der Waals surface area (Å²) in [6.07, 6.45) is 0.347. The summed E-state index contributed by atoms with van der Waals surface area (Å²) >= 11 is 0. The van der Waals surface area contributed by atoms with Crippen molar-refractivity contribution in [3.63, 3.8) is 0 Å². The van der Waals surface area contributed by atoms with Gasteiger partial charge in [-0.25, -0.2) is 12.7 Å². The summed E-state index contributed by atoms with van der Waals surface area (Å²) < 4.78 is 26.4. The molecule has 21 heavy (non-hydrogen) atoms. The van der Waals surface area contributed by atoms with E-state index in [4.69, 9.17) is 5.73 Å². The Bertz CT molecular complexity index is 609. The lowest BCUT2D eigenvalue weighted by Crippen LogP contribution is -2.39. The summed E-state index contributed by atoms with van der Waals surface area (Å²) in [7, 11) is -2.09. The predicted octanol–water partition coefficient (Wildman–Crippen LogP) is 1.88. The van der Waals surface area contributed by atoms with Crippen LogP contribution in [0.1, 0.15) is 37.6 Å². The first kappa shape index (κ1) is 17.8. The highest BCUT2D eigenvalue weighted by Crippen LogP contribution is 2.21. The van der Waals surface area contributed by atoms with Gasteiger partial charge < -0.3 is 5.73 Å². The number of hydrogen-bond donors (Lipinski definition) is 1. The average molecular weight is 312 g/mol. The third-order valence-electron chi connectivity index (χ3n) is 3.39. The van der Waals surface area contributed by atoms with E-state index in [1.807, 2.05) is 13.8 Å². The van der Waals surface area contributed by atoms with Gasteiger partial charge in [-0.05, 0) is 24.1 Å². The van der Waals surface area contributed by atoms with Crippen LogP contribution in [0.5, 0.6) is 0 Å². The van der Waals surface area contributed by atoms with E-state index in [9.17, 15) is 13.2 Å². The van der Waals surface area contributed by atoms with E-state index in [0.717, 1.165) is 0 Å². The van der Waals surface area contributed by atoms with Crippen molar-refractivity contribution in [3.8, 4) is 0 Å². The zero-order chi connectivity index (χ0) is 16.3. The third kappa shape index (κ3) is 4.36. The predicted molar refractivity (Wildman–Crippen MR) is 83.7 cm³/mol. The van der Waals surface area contributed by atoms with Crippen LogP contribution < -0.4 is 5.73 Å². The molecule has 0 saturated heterocycles. The molecule has 0 aliphatic heterocycles. The lowest BCUT2D eigenvalue weighted by molar-refractivity contribution is 0.0988. The van der Waals surface area contributed by atoms with Crippen LogP contribution in [0.15, 0.2) is 29.2 Å². The monoisotopic (exact) mass is 312 g/mol. The summed E-state index contributed by atoms with van der Waals surface area (Å²) in [4.78, 5) is 11.8. The molecule has 0 heterocycles. The molecule has 0 amide bonds. The minimum Gasteiger partial charge on any atom is -0.330 e. The number of rotatable bonds is 7. The number of sulfonamides is 1. The fourth-order valence-corrected chi connectivity index (χ4v) is 3.37. The molecule has 0 spiro atoms. The Labute approximate surface area is 127 Å². The Morgan fingerprint density at radius 2 is 1.95 bits per heavy atom. The summed E-state index contributed by atoms with van der Waals surface area (Å²) in [6, 6.07) is 6.17. The van der Waals surface area contributed by atoms with Gasteiger partial charge in [0, 0.05) is 25.6 Å². The molecule has 1 rings (SSSR count). The number of nitrogens with zero attached hydrogens (tertiary/aromatic N) is 1. The quantitative estimate of drug-likeness (QED) is 0.780. The van der Waals surface area contributed by atoms with E-state index >= 15 is 0 Å². The topological polar surface area (TPSA) is 80.5 Å². The van der Waals surface area contributed by atoms with Crippen molar-refractivity contribution in [2.24, 2.45) is 11.1 Å². The number of carbonyl (C=O) groups is 1. The van der Waals surface area contributed by atoms with Gasteiger partial charge in [-0.15, -0.1) is 0 Å². The molecule has 0 atom stereocenters. The van der Waals surface area contributed by atoms with Crippen LogP contribution in [-0.4, -0.2) is 38.6 Å². The largest absolute Gasteiger partial charge is 0.330 e. The normalized spacial score (nSPS) is 12.7. The molecule has 0 fully saturated rings. The zero-order valence-electron chi connectivity index (χ0n) is 13.1. The second-order valence-electron chi connectivity index (χ2n) is 5.93. The Morgan fingerprint density at radius 1 is 1.33 bits per heavy atom. The number of carbonyl (C=O) groups excluding carboxylic acids is 1. The van der Waals surface area contributed by atoms with Gasteiger partial charge in [0.05, 0.1) is 4.90 Å². The van der Waals surface area contributed by atoms with Gasteiger partial charge >= 0.3 is 0 Å². The fourth-order valence-electron chi connectivity index (χ4n) is 1.97. The molecular formula is C15H24N2O3S. The van der Waals surface area contributed by atoms with E-state index in [1.54, 1.807) is 19.1 Å².